The van der Waals surface area contributed by atoms with Crippen molar-refractivity contribution in [3.05, 3.63) is 91.9 Å². The fourth-order valence-corrected chi connectivity index (χ4v) is 5.05. The Morgan fingerprint density at radius 1 is 0.865 bits per heavy atom. The molecular formula is C27H23Cl4N3O3. The molecule has 1 heterocycles. The van der Waals surface area contributed by atoms with Gasteiger partial charge in [-0.15, -0.1) is 0 Å². The third kappa shape index (κ3) is 6.70. The molecule has 1 N–H and O–H groups in total. The lowest BCUT2D eigenvalue weighted by Gasteiger charge is -2.36. The Morgan fingerprint density at radius 3 is 2.22 bits per heavy atom. The van der Waals surface area contributed by atoms with Crippen LogP contribution in [-0.2, 0) is 4.79 Å². The van der Waals surface area contributed by atoms with E-state index in [2.05, 4.69) is 10.2 Å². The van der Waals surface area contributed by atoms with Crippen LogP contribution in [-0.4, -0.2) is 50.0 Å². The highest BCUT2D eigenvalue weighted by molar-refractivity contribution is 6.36. The van der Waals surface area contributed by atoms with Gasteiger partial charge in [-0.1, -0.05) is 46.4 Å². The lowest BCUT2D eigenvalue weighted by atomic mass is 10.1. The monoisotopic (exact) mass is 577 g/mol. The minimum absolute atomic E-state index is 0.0220. The summed E-state index contributed by atoms with van der Waals surface area (Å²) in [7, 11) is 1.49. The molecule has 0 radical (unpaired) electrons. The maximum Gasteiger partial charge on any atom is 0.253 e. The summed E-state index contributed by atoms with van der Waals surface area (Å²) >= 11 is 24.7. The molecular weight excluding hydrogens is 556 g/mol. The van der Waals surface area contributed by atoms with E-state index in [1.54, 1.807) is 54.6 Å². The Bertz CT molecular complexity index is 1340. The number of anilines is 2. The summed E-state index contributed by atoms with van der Waals surface area (Å²) in [4.78, 5) is 29.2. The van der Waals surface area contributed by atoms with Crippen LogP contribution in [0.5, 0.6) is 5.75 Å². The molecule has 1 aliphatic rings. The van der Waals surface area contributed by atoms with Crippen LogP contribution in [0, 0.1) is 0 Å². The van der Waals surface area contributed by atoms with Crippen molar-refractivity contribution in [1.82, 2.24) is 4.90 Å². The quantitative estimate of drug-likeness (QED) is 0.322. The van der Waals surface area contributed by atoms with E-state index in [0.29, 0.717) is 68.8 Å². The number of halogens is 4. The van der Waals surface area contributed by atoms with Gasteiger partial charge in [0.1, 0.15) is 5.75 Å². The van der Waals surface area contributed by atoms with Crippen molar-refractivity contribution in [2.75, 3.05) is 43.5 Å². The maximum atomic E-state index is 12.8. The van der Waals surface area contributed by atoms with Gasteiger partial charge >= 0.3 is 0 Å². The van der Waals surface area contributed by atoms with Crippen LogP contribution in [0.3, 0.4) is 0 Å². The molecule has 37 heavy (non-hydrogen) atoms. The summed E-state index contributed by atoms with van der Waals surface area (Å²) in [5, 5.41) is 4.68. The SMILES string of the molecule is COc1c(Cl)cc(Cl)cc1C=CC(=O)Nc1ccc(N2CCN(C(=O)c3ccc(Cl)cc3)CC2)c(Cl)c1. The molecule has 1 saturated heterocycles. The smallest absolute Gasteiger partial charge is 0.253 e. The first-order valence-corrected chi connectivity index (χ1v) is 12.9. The number of nitrogens with one attached hydrogen (secondary N) is 1. The van der Waals surface area contributed by atoms with Crippen LogP contribution >= 0.6 is 46.4 Å². The number of carbonyl (C=O) groups excluding carboxylic acids is 2. The molecule has 1 aliphatic heterocycles. The second-order valence-electron chi connectivity index (χ2n) is 8.29. The van der Waals surface area contributed by atoms with E-state index in [9.17, 15) is 9.59 Å². The molecule has 0 saturated carbocycles. The van der Waals surface area contributed by atoms with Crippen molar-refractivity contribution in [2.24, 2.45) is 0 Å². The lowest BCUT2D eigenvalue weighted by molar-refractivity contribution is -0.111. The van der Waals surface area contributed by atoms with Gasteiger partial charge in [-0.25, -0.2) is 0 Å². The normalized spacial score (nSPS) is 13.6. The molecule has 2 amide bonds. The average Bonchev–Trinajstić information content (AvgIpc) is 2.87. The number of hydrogen-bond acceptors (Lipinski definition) is 4. The van der Waals surface area contributed by atoms with Gasteiger partial charge in [0.15, 0.2) is 0 Å². The number of nitrogens with zero attached hydrogens (tertiary/aromatic N) is 2. The van der Waals surface area contributed by atoms with Gasteiger partial charge < -0.3 is 19.9 Å². The van der Waals surface area contributed by atoms with Crippen molar-refractivity contribution in [3.63, 3.8) is 0 Å². The first-order chi connectivity index (χ1) is 17.7. The number of rotatable bonds is 6. The lowest BCUT2D eigenvalue weighted by Crippen LogP contribution is -2.48. The van der Waals surface area contributed by atoms with Gasteiger partial charge in [-0.3, -0.25) is 9.59 Å². The van der Waals surface area contributed by atoms with E-state index in [1.165, 1.54) is 13.2 Å². The van der Waals surface area contributed by atoms with Gasteiger partial charge in [-0.2, -0.15) is 0 Å². The van der Waals surface area contributed by atoms with Crippen molar-refractivity contribution in [1.29, 1.82) is 0 Å². The predicted molar refractivity (Wildman–Crippen MR) is 152 cm³/mol. The van der Waals surface area contributed by atoms with Crippen LogP contribution in [0.25, 0.3) is 6.08 Å². The summed E-state index contributed by atoms with van der Waals surface area (Å²) in [6, 6.07) is 15.5. The molecule has 0 aromatic heterocycles. The predicted octanol–water partition coefficient (Wildman–Crippen LogP) is 6.92. The van der Waals surface area contributed by atoms with E-state index >= 15 is 0 Å². The third-order valence-electron chi connectivity index (χ3n) is 5.87. The summed E-state index contributed by atoms with van der Waals surface area (Å²) in [5.41, 5.74) is 2.59. The molecule has 10 heteroatoms. The molecule has 0 aliphatic carbocycles. The molecule has 0 spiro atoms. The molecule has 4 rings (SSSR count). The summed E-state index contributed by atoms with van der Waals surface area (Å²) < 4.78 is 5.29. The first kappa shape index (κ1) is 27.1. The highest BCUT2D eigenvalue weighted by Gasteiger charge is 2.23. The molecule has 3 aromatic carbocycles. The fraction of sp³-hybridized carbons (Fsp3) is 0.185. The van der Waals surface area contributed by atoms with Crippen molar-refractivity contribution < 1.29 is 14.3 Å². The van der Waals surface area contributed by atoms with Gasteiger partial charge in [0, 0.05) is 59.1 Å². The Kier molecular flexibility index (Phi) is 8.87. The van der Waals surface area contributed by atoms with Crippen LogP contribution in [0.15, 0.2) is 60.7 Å². The number of carbonyl (C=O) groups is 2. The van der Waals surface area contributed by atoms with E-state index in [1.807, 2.05) is 11.0 Å². The number of hydrogen-bond donors (Lipinski definition) is 1. The van der Waals surface area contributed by atoms with Crippen LogP contribution in [0.1, 0.15) is 15.9 Å². The molecule has 0 bridgehead atoms. The van der Waals surface area contributed by atoms with Crippen LogP contribution < -0.4 is 15.0 Å². The van der Waals surface area contributed by atoms with E-state index < -0.39 is 0 Å². The highest BCUT2D eigenvalue weighted by atomic mass is 35.5. The van der Waals surface area contributed by atoms with Gasteiger partial charge in [0.2, 0.25) is 5.91 Å². The van der Waals surface area contributed by atoms with Crippen molar-refractivity contribution in [2.45, 2.75) is 0 Å². The number of amides is 2. The first-order valence-electron chi connectivity index (χ1n) is 11.4. The number of piperazine rings is 1. The van der Waals surface area contributed by atoms with Crippen LogP contribution in [0.4, 0.5) is 11.4 Å². The topological polar surface area (TPSA) is 61.9 Å². The standard InChI is InChI=1S/C27H23Cl4N3O3/c1-37-26-18(14-20(29)15-23(26)31)4-9-25(35)32-21-7-8-24(22(30)16-21)33-10-12-34(13-11-33)27(36)17-2-5-19(28)6-3-17/h2-9,14-16H,10-13H2,1H3,(H,32,35). The number of ether oxygens (including phenoxy) is 1. The largest absolute Gasteiger partial charge is 0.495 e. The van der Waals surface area contributed by atoms with Gasteiger partial charge in [-0.05, 0) is 60.7 Å². The molecule has 0 atom stereocenters. The summed E-state index contributed by atoms with van der Waals surface area (Å²) in [6.45, 7) is 2.41. The Labute approximate surface area is 235 Å². The average molecular weight is 579 g/mol. The molecule has 0 unspecified atom stereocenters. The van der Waals surface area contributed by atoms with Crippen molar-refractivity contribution >= 4 is 75.7 Å². The van der Waals surface area contributed by atoms with E-state index in [0.717, 1.165) is 5.69 Å². The Hall–Kier alpha value is -2.90. The maximum absolute atomic E-state index is 12.8. The Morgan fingerprint density at radius 2 is 1.57 bits per heavy atom. The second kappa shape index (κ2) is 12.1. The Balaban J connectivity index is 1.36. The van der Waals surface area contributed by atoms with Crippen molar-refractivity contribution in [3.8, 4) is 5.75 Å². The molecule has 192 valence electrons. The third-order valence-corrected chi connectivity index (χ3v) is 6.92. The van der Waals surface area contributed by atoms with Crippen LogP contribution in [0.2, 0.25) is 20.1 Å². The summed E-state index contributed by atoms with van der Waals surface area (Å²) in [5.74, 6) is 0.0555. The number of benzene rings is 3. The zero-order chi connectivity index (χ0) is 26.5. The van der Waals surface area contributed by atoms with E-state index in [4.69, 9.17) is 51.1 Å². The summed E-state index contributed by atoms with van der Waals surface area (Å²) in [6.07, 6.45) is 2.94. The fourth-order valence-electron chi connectivity index (χ4n) is 4.04. The zero-order valence-corrected chi connectivity index (χ0v) is 22.8. The zero-order valence-electron chi connectivity index (χ0n) is 19.8. The molecule has 3 aromatic rings. The second-order valence-corrected chi connectivity index (χ2v) is 9.97. The van der Waals surface area contributed by atoms with Gasteiger partial charge in [0.05, 0.1) is 22.8 Å². The highest BCUT2D eigenvalue weighted by Crippen LogP contribution is 2.33. The van der Waals surface area contributed by atoms with E-state index in [-0.39, 0.29) is 11.8 Å². The molecule has 1 fully saturated rings. The van der Waals surface area contributed by atoms with Gasteiger partial charge in [0.25, 0.3) is 5.91 Å². The minimum Gasteiger partial charge on any atom is -0.495 e. The molecule has 6 nitrogen and oxygen atoms in total. The number of methoxy groups -OCH3 is 1. The minimum atomic E-state index is -0.351.